The molecule has 0 aliphatic heterocycles. The SMILES string of the molecule is NC(=CCc1o[nH]c(=O)c1Br)C(=O)O. The van der Waals surface area contributed by atoms with E-state index >= 15 is 0 Å². The van der Waals surface area contributed by atoms with Crippen molar-refractivity contribution in [1.29, 1.82) is 0 Å². The minimum absolute atomic E-state index is 0.136. The summed E-state index contributed by atoms with van der Waals surface area (Å²) >= 11 is 2.98. The molecule has 76 valence electrons. The maximum atomic E-state index is 10.9. The van der Waals surface area contributed by atoms with Gasteiger partial charge < -0.3 is 15.4 Å². The topological polar surface area (TPSA) is 109 Å². The molecule has 1 heterocycles. The number of nitrogens with two attached hydrogens (primary N) is 1. The highest BCUT2D eigenvalue weighted by Gasteiger charge is 2.09. The number of halogens is 1. The summed E-state index contributed by atoms with van der Waals surface area (Å²) in [5.41, 5.74) is 4.45. The van der Waals surface area contributed by atoms with Gasteiger partial charge in [-0.3, -0.25) is 4.79 Å². The van der Waals surface area contributed by atoms with E-state index in [2.05, 4.69) is 21.1 Å². The van der Waals surface area contributed by atoms with Crippen LogP contribution in [0, 0.1) is 0 Å². The van der Waals surface area contributed by atoms with Gasteiger partial charge in [0.2, 0.25) is 0 Å². The lowest BCUT2D eigenvalue weighted by atomic mass is 10.3. The molecule has 1 aromatic rings. The summed E-state index contributed by atoms with van der Waals surface area (Å²) in [6.07, 6.45) is 1.39. The lowest BCUT2D eigenvalue weighted by Gasteiger charge is -1.92. The molecule has 0 spiro atoms. The van der Waals surface area contributed by atoms with Gasteiger partial charge in [0.05, 0.1) is 0 Å². The third kappa shape index (κ3) is 2.25. The standard InChI is InChI=1S/C7H7BrN2O4/c8-5-4(14-10-6(5)11)2-1-3(9)7(12)13/h1H,2,9H2,(H,10,11)(H,12,13). The third-order valence-electron chi connectivity index (χ3n) is 1.47. The van der Waals surface area contributed by atoms with E-state index in [9.17, 15) is 9.59 Å². The largest absolute Gasteiger partial charge is 0.477 e. The number of rotatable bonds is 3. The minimum Gasteiger partial charge on any atom is -0.477 e. The fourth-order valence-corrected chi connectivity index (χ4v) is 1.07. The summed E-state index contributed by atoms with van der Waals surface area (Å²) in [7, 11) is 0. The summed E-state index contributed by atoms with van der Waals surface area (Å²) in [5, 5.41) is 10.5. The summed E-state index contributed by atoms with van der Waals surface area (Å²) < 4.78 is 4.99. The predicted molar refractivity (Wildman–Crippen MR) is 50.6 cm³/mol. The minimum atomic E-state index is -1.21. The van der Waals surface area contributed by atoms with Crippen molar-refractivity contribution in [3.8, 4) is 0 Å². The van der Waals surface area contributed by atoms with E-state index in [0.717, 1.165) is 0 Å². The van der Waals surface area contributed by atoms with Gasteiger partial charge >= 0.3 is 5.97 Å². The quantitative estimate of drug-likeness (QED) is 0.675. The highest BCUT2D eigenvalue weighted by Crippen LogP contribution is 2.11. The Kier molecular flexibility index (Phi) is 3.13. The van der Waals surface area contributed by atoms with E-state index < -0.39 is 11.5 Å². The fourth-order valence-electron chi connectivity index (χ4n) is 0.745. The molecule has 0 aliphatic rings. The second-order valence-electron chi connectivity index (χ2n) is 2.44. The Morgan fingerprint density at radius 2 is 2.36 bits per heavy atom. The van der Waals surface area contributed by atoms with Crippen molar-refractivity contribution in [2.75, 3.05) is 0 Å². The van der Waals surface area contributed by atoms with E-state index in [1.807, 2.05) is 0 Å². The van der Waals surface area contributed by atoms with Gasteiger partial charge in [0.1, 0.15) is 10.2 Å². The van der Waals surface area contributed by atoms with E-state index in [0.29, 0.717) is 5.76 Å². The predicted octanol–water partition coefficient (Wildman–Crippen LogP) is 0.200. The summed E-state index contributed by atoms with van der Waals surface area (Å²) in [6, 6.07) is 0. The van der Waals surface area contributed by atoms with Gasteiger partial charge in [0.25, 0.3) is 5.56 Å². The molecular weight excluding hydrogens is 256 g/mol. The van der Waals surface area contributed by atoms with Crippen LogP contribution in [-0.2, 0) is 11.2 Å². The van der Waals surface area contributed by atoms with Crippen molar-refractivity contribution in [2.24, 2.45) is 5.73 Å². The number of carboxylic acids is 1. The number of allylic oxidation sites excluding steroid dienone is 1. The lowest BCUT2D eigenvalue weighted by molar-refractivity contribution is -0.132. The molecule has 0 aliphatic carbocycles. The summed E-state index contributed by atoms with van der Waals surface area (Å²) in [5.74, 6) is -0.904. The molecule has 0 amide bonds. The van der Waals surface area contributed by atoms with Crippen LogP contribution in [0.15, 0.2) is 25.6 Å². The molecule has 0 fully saturated rings. The van der Waals surface area contributed by atoms with Crippen LogP contribution in [0.2, 0.25) is 0 Å². The number of carbonyl (C=O) groups is 1. The number of aliphatic carboxylic acids is 1. The van der Waals surface area contributed by atoms with Gasteiger partial charge in [0, 0.05) is 6.42 Å². The molecule has 0 bridgehead atoms. The Labute approximate surface area is 86.5 Å². The smallest absolute Gasteiger partial charge is 0.351 e. The molecule has 7 heteroatoms. The molecular formula is C7H7BrN2O4. The van der Waals surface area contributed by atoms with Gasteiger partial charge in [-0.2, -0.15) is 5.16 Å². The Bertz CT molecular complexity index is 431. The summed E-state index contributed by atoms with van der Waals surface area (Å²) in [4.78, 5) is 21.2. The van der Waals surface area contributed by atoms with Crippen LogP contribution in [0.4, 0.5) is 0 Å². The molecule has 0 atom stereocenters. The second kappa shape index (κ2) is 4.14. The Balaban J connectivity index is 2.81. The van der Waals surface area contributed by atoms with Crippen LogP contribution in [0.1, 0.15) is 5.76 Å². The Morgan fingerprint density at radius 1 is 1.71 bits per heavy atom. The summed E-state index contributed by atoms with van der Waals surface area (Å²) in [6.45, 7) is 0. The van der Waals surface area contributed by atoms with Gasteiger partial charge in [-0.25, -0.2) is 4.79 Å². The molecule has 0 saturated heterocycles. The average Bonchev–Trinajstić information content (AvgIpc) is 2.44. The van der Waals surface area contributed by atoms with Gasteiger partial charge in [0.15, 0.2) is 5.76 Å². The Hall–Kier alpha value is -1.50. The van der Waals surface area contributed by atoms with Crippen molar-refractivity contribution in [2.45, 2.75) is 6.42 Å². The Morgan fingerprint density at radius 3 is 2.79 bits per heavy atom. The normalized spacial score (nSPS) is 11.6. The maximum Gasteiger partial charge on any atom is 0.351 e. The first-order chi connectivity index (χ1) is 6.52. The third-order valence-corrected chi connectivity index (χ3v) is 2.27. The van der Waals surface area contributed by atoms with Crippen LogP contribution < -0.4 is 11.3 Å². The number of carboxylic acid groups (broad SMARTS) is 1. The number of nitrogens with one attached hydrogen (secondary N) is 1. The highest BCUT2D eigenvalue weighted by atomic mass is 79.9. The number of H-pyrrole nitrogens is 1. The first-order valence-corrected chi connectivity index (χ1v) is 4.36. The van der Waals surface area contributed by atoms with E-state index in [4.69, 9.17) is 15.4 Å². The fraction of sp³-hybridized carbons (Fsp3) is 0.143. The highest BCUT2D eigenvalue weighted by molar-refractivity contribution is 9.10. The zero-order valence-electron chi connectivity index (χ0n) is 6.91. The first kappa shape index (κ1) is 10.6. The van der Waals surface area contributed by atoms with Crippen LogP contribution >= 0.6 is 15.9 Å². The van der Waals surface area contributed by atoms with Gasteiger partial charge in [-0.05, 0) is 22.0 Å². The van der Waals surface area contributed by atoms with Crippen molar-refractivity contribution < 1.29 is 14.4 Å². The van der Waals surface area contributed by atoms with E-state index in [-0.39, 0.29) is 16.6 Å². The zero-order valence-corrected chi connectivity index (χ0v) is 8.50. The number of hydrogen-bond acceptors (Lipinski definition) is 4. The number of aromatic amines is 1. The number of hydrogen-bond donors (Lipinski definition) is 3. The van der Waals surface area contributed by atoms with Crippen LogP contribution in [0.25, 0.3) is 0 Å². The monoisotopic (exact) mass is 262 g/mol. The number of aromatic nitrogens is 1. The molecule has 1 rings (SSSR count). The molecule has 14 heavy (non-hydrogen) atoms. The van der Waals surface area contributed by atoms with Crippen molar-refractivity contribution in [3.63, 3.8) is 0 Å². The van der Waals surface area contributed by atoms with E-state index in [1.54, 1.807) is 0 Å². The molecule has 0 unspecified atom stereocenters. The van der Waals surface area contributed by atoms with Gasteiger partial charge in [-0.1, -0.05) is 0 Å². The molecule has 1 aromatic heterocycles. The van der Waals surface area contributed by atoms with Crippen LogP contribution in [-0.4, -0.2) is 16.2 Å². The molecule has 0 saturated carbocycles. The molecule has 6 nitrogen and oxygen atoms in total. The second-order valence-corrected chi connectivity index (χ2v) is 3.23. The van der Waals surface area contributed by atoms with Crippen molar-refractivity contribution >= 4 is 21.9 Å². The maximum absolute atomic E-state index is 10.9. The van der Waals surface area contributed by atoms with Crippen molar-refractivity contribution in [1.82, 2.24) is 5.16 Å². The molecule has 0 aromatic carbocycles. The van der Waals surface area contributed by atoms with Gasteiger partial charge in [-0.15, -0.1) is 0 Å². The zero-order chi connectivity index (χ0) is 10.7. The molecule has 4 N–H and O–H groups in total. The van der Waals surface area contributed by atoms with Crippen LogP contribution in [0.5, 0.6) is 0 Å². The van der Waals surface area contributed by atoms with E-state index in [1.165, 1.54) is 6.08 Å². The van der Waals surface area contributed by atoms with Crippen LogP contribution in [0.3, 0.4) is 0 Å². The first-order valence-electron chi connectivity index (χ1n) is 3.57. The average molecular weight is 263 g/mol. The molecule has 0 radical (unpaired) electrons. The lowest BCUT2D eigenvalue weighted by Crippen LogP contribution is -2.10. The van der Waals surface area contributed by atoms with Crippen molar-refractivity contribution in [3.05, 3.63) is 32.4 Å².